The number of hydrogen-bond donors (Lipinski definition) is 4. The minimum absolute atomic E-state index is 0.0643. The Morgan fingerprint density at radius 3 is 2.62 bits per heavy atom. The van der Waals surface area contributed by atoms with Gasteiger partial charge in [0.05, 0.1) is 17.4 Å². The number of fused-ring (bicyclic) bond motifs is 1. The number of carbonyl (C=O) groups is 1. The molecule has 172 valence electrons. The highest BCUT2D eigenvalue weighted by molar-refractivity contribution is 6.06. The van der Waals surface area contributed by atoms with E-state index in [1.54, 1.807) is 24.9 Å². The molecular formula is C22H26F3N5O2. The van der Waals surface area contributed by atoms with E-state index in [1.807, 2.05) is 22.8 Å². The number of carbonyl (C=O) groups excluding carboxylic acids is 1. The van der Waals surface area contributed by atoms with Gasteiger partial charge in [0.2, 0.25) is 0 Å². The Labute approximate surface area is 183 Å². The van der Waals surface area contributed by atoms with Gasteiger partial charge in [0.15, 0.2) is 5.60 Å². The number of nitrogens with one attached hydrogen (secondary N) is 3. The van der Waals surface area contributed by atoms with Crippen LogP contribution in [-0.2, 0) is 0 Å². The summed E-state index contributed by atoms with van der Waals surface area (Å²) in [6.45, 7) is 0.217. The van der Waals surface area contributed by atoms with Gasteiger partial charge in [-0.15, -0.1) is 0 Å². The number of hydrogen-bond acceptors (Lipinski definition) is 4. The third-order valence-corrected chi connectivity index (χ3v) is 6.10. The smallest absolute Gasteiger partial charge is 0.380 e. The minimum Gasteiger partial charge on any atom is -0.380 e. The van der Waals surface area contributed by atoms with E-state index in [0.29, 0.717) is 31.2 Å². The number of rotatable bonds is 6. The van der Waals surface area contributed by atoms with E-state index in [9.17, 15) is 23.1 Å². The van der Waals surface area contributed by atoms with E-state index in [-0.39, 0.29) is 18.0 Å². The Morgan fingerprint density at radius 1 is 1.25 bits per heavy atom. The van der Waals surface area contributed by atoms with Crippen LogP contribution in [-0.4, -0.2) is 56.0 Å². The minimum atomic E-state index is -4.68. The van der Waals surface area contributed by atoms with Gasteiger partial charge < -0.3 is 25.3 Å². The molecule has 0 spiro atoms. The predicted octanol–water partition coefficient (Wildman–Crippen LogP) is 3.30. The van der Waals surface area contributed by atoms with E-state index in [4.69, 9.17) is 0 Å². The van der Waals surface area contributed by atoms with Gasteiger partial charge in [-0.05, 0) is 50.8 Å². The van der Waals surface area contributed by atoms with Crippen molar-refractivity contribution in [2.45, 2.75) is 56.5 Å². The highest BCUT2D eigenvalue weighted by atomic mass is 19.4. The number of aromatic amines is 1. The van der Waals surface area contributed by atoms with Crippen molar-refractivity contribution < 1.29 is 23.1 Å². The number of benzene rings is 1. The summed E-state index contributed by atoms with van der Waals surface area (Å²) < 4.78 is 40.3. The first-order chi connectivity index (χ1) is 15.1. The number of aromatic nitrogens is 3. The Balaban J connectivity index is 1.38. The first-order valence-corrected chi connectivity index (χ1v) is 10.6. The molecule has 2 aromatic heterocycles. The number of amides is 1. The fourth-order valence-electron chi connectivity index (χ4n) is 4.04. The van der Waals surface area contributed by atoms with Gasteiger partial charge in [0.25, 0.3) is 5.91 Å². The van der Waals surface area contributed by atoms with Crippen molar-refractivity contribution in [2.75, 3.05) is 6.54 Å². The molecule has 1 aliphatic rings. The summed E-state index contributed by atoms with van der Waals surface area (Å²) >= 11 is 0. The molecule has 0 radical (unpaired) electrons. The molecule has 0 bridgehead atoms. The lowest BCUT2D eigenvalue weighted by atomic mass is 9.90. The lowest BCUT2D eigenvalue weighted by Gasteiger charge is -2.33. The van der Waals surface area contributed by atoms with Gasteiger partial charge in [-0.25, -0.2) is 4.98 Å². The van der Waals surface area contributed by atoms with E-state index in [1.165, 1.54) is 0 Å². The lowest BCUT2D eigenvalue weighted by molar-refractivity contribution is -0.250. The van der Waals surface area contributed by atoms with Crippen LogP contribution in [0.1, 0.15) is 43.0 Å². The lowest BCUT2D eigenvalue weighted by Crippen LogP contribution is -2.53. The number of alkyl halides is 3. The average molecular weight is 449 g/mol. The Hall–Kier alpha value is -2.85. The van der Waals surface area contributed by atoms with E-state index >= 15 is 0 Å². The standard InChI is InChI=1S/C22H26F3N5O2/c1-21(32,22(23,24)25)12-28-15-2-4-16(5-3-15)29-20(31)18-11-17(30-9-8-26-13-30)10-14-6-7-27-19(14)18/h6-11,13,15-16,27-28,32H,2-5,12H2,1H3,(H,29,31)/t15-,16-,21?. The molecule has 0 saturated heterocycles. The quantitative estimate of drug-likeness (QED) is 0.465. The molecule has 4 N–H and O–H groups in total. The largest absolute Gasteiger partial charge is 0.418 e. The molecule has 1 aromatic carbocycles. The second kappa shape index (κ2) is 8.59. The number of aliphatic hydroxyl groups is 1. The normalized spacial score (nSPS) is 21.4. The molecule has 2 heterocycles. The highest BCUT2D eigenvalue weighted by Crippen LogP contribution is 2.30. The monoisotopic (exact) mass is 449 g/mol. The number of H-pyrrole nitrogens is 1. The molecule has 1 aliphatic carbocycles. The summed E-state index contributed by atoms with van der Waals surface area (Å²) in [5, 5.41) is 16.4. The van der Waals surface area contributed by atoms with Crippen LogP contribution in [0, 0.1) is 0 Å². The SMILES string of the molecule is CC(O)(CN[C@H]1CC[C@H](NC(=O)c2cc(-n3ccnc3)cc3cc[nH]c23)CC1)C(F)(F)F. The Bertz CT molecular complexity index is 1070. The topological polar surface area (TPSA) is 95.0 Å². The molecule has 0 aliphatic heterocycles. The van der Waals surface area contributed by atoms with Crippen molar-refractivity contribution >= 4 is 16.8 Å². The van der Waals surface area contributed by atoms with Crippen LogP contribution in [0.2, 0.25) is 0 Å². The van der Waals surface area contributed by atoms with Crippen molar-refractivity contribution in [3.05, 3.63) is 48.7 Å². The van der Waals surface area contributed by atoms with Crippen molar-refractivity contribution in [3.63, 3.8) is 0 Å². The molecule has 1 atom stereocenters. The van der Waals surface area contributed by atoms with Crippen molar-refractivity contribution in [3.8, 4) is 5.69 Å². The van der Waals surface area contributed by atoms with E-state index in [2.05, 4.69) is 20.6 Å². The molecule has 4 rings (SSSR count). The van der Waals surface area contributed by atoms with Crippen LogP contribution in [0.4, 0.5) is 13.2 Å². The maximum Gasteiger partial charge on any atom is 0.418 e. The fraction of sp³-hybridized carbons (Fsp3) is 0.455. The van der Waals surface area contributed by atoms with Crippen LogP contribution >= 0.6 is 0 Å². The Kier molecular flexibility index (Phi) is 6.00. The number of halogens is 3. The third kappa shape index (κ3) is 4.66. The average Bonchev–Trinajstić information content (AvgIpc) is 3.43. The van der Waals surface area contributed by atoms with Crippen LogP contribution in [0.3, 0.4) is 0 Å². The predicted molar refractivity (Wildman–Crippen MR) is 114 cm³/mol. The molecule has 32 heavy (non-hydrogen) atoms. The molecule has 1 amide bonds. The summed E-state index contributed by atoms with van der Waals surface area (Å²) in [5.41, 5.74) is -0.669. The zero-order valence-electron chi connectivity index (χ0n) is 17.6. The second-order valence-corrected chi connectivity index (χ2v) is 8.58. The van der Waals surface area contributed by atoms with Gasteiger partial charge in [0.1, 0.15) is 0 Å². The summed E-state index contributed by atoms with van der Waals surface area (Å²) in [7, 11) is 0. The zero-order valence-corrected chi connectivity index (χ0v) is 17.6. The summed E-state index contributed by atoms with van der Waals surface area (Å²) in [6, 6.07) is 5.49. The van der Waals surface area contributed by atoms with Crippen LogP contribution in [0.15, 0.2) is 43.1 Å². The van der Waals surface area contributed by atoms with Crippen molar-refractivity contribution in [1.29, 1.82) is 0 Å². The molecule has 7 nitrogen and oxygen atoms in total. The second-order valence-electron chi connectivity index (χ2n) is 8.58. The van der Waals surface area contributed by atoms with Crippen molar-refractivity contribution in [2.24, 2.45) is 0 Å². The van der Waals surface area contributed by atoms with Gasteiger partial charge in [0, 0.05) is 48.3 Å². The van der Waals surface area contributed by atoms with Gasteiger partial charge in [-0.3, -0.25) is 4.79 Å². The van der Waals surface area contributed by atoms with Crippen molar-refractivity contribution in [1.82, 2.24) is 25.2 Å². The third-order valence-electron chi connectivity index (χ3n) is 6.10. The molecule has 10 heteroatoms. The van der Waals surface area contributed by atoms with E-state index < -0.39 is 18.3 Å². The van der Waals surface area contributed by atoms with Crippen LogP contribution < -0.4 is 10.6 Å². The van der Waals surface area contributed by atoms with Gasteiger partial charge >= 0.3 is 6.18 Å². The summed E-state index contributed by atoms with van der Waals surface area (Å²) in [4.78, 5) is 20.2. The molecule has 1 saturated carbocycles. The van der Waals surface area contributed by atoms with Crippen LogP contribution in [0.5, 0.6) is 0 Å². The summed E-state index contributed by atoms with van der Waals surface area (Å²) in [6.07, 6.45) is 4.77. The maximum atomic E-state index is 13.1. The summed E-state index contributed by atoms with van der Waals surface area (Å²) in [5.74, 6) is -0.198. The zero-order chi connectivity index (χ0) is 22.9. The highest BCUT2D eigenvalue weighted by Gasteiger charge is 2.49. The molecule has 1 fully saturated rings. The molecule has 1 unspecified atom stereocenters. The maximum absolute atomic E-state index is 13.1. The number of imidazole rings is 1. The number of nitrogens with zero attached hydrogens (tertiary/aromatic N) is 2. The van der Waals surface area contributed by atoms with E-state index in [0.717, 1.165) is 23.5 Å². The first-order valence-electron chi connectivity index (χ1n) is 10.6. The van der Waals surface area contributed by atoms with Gasteiger partial charge in [-0.2, -0.15) is 13.2 Å². The molecular weight excluding hydrogens is 423 g/mol. The first kappa shape index (κ1) is 22.3. The fourth-order valence-corrected chi connectivity index (χ4v) is 4.04. The van der Waals surface area contributed by atoms with Crippen LogP contribution in [0.25, 0.3) is 16.6 Å². The Morgan fingerprint density at radius 2 is 1.97 bits per heavy atom. The van der Waals surface area contributed by atoms with Gasteiger partial charge in [-0.1, -0.05) is 0 Å². The molecule has 3 aromatic rings.